The third-order valence-corrected chi connectivity index (χ3v) is 4.67. The number of aryl methyl sites for hydroxylation is 1. The number of hydrogen-bond donors (Lipinski definition) is 2. The lowest BCUT2D eigenvalue weighted by Gasteiger charge is -2.45. The van der Waals surface area contributed by atoms with Gasteiger partial charge in [-0.15, -0.1) is 0 Å². The second kappa shape index (κ2) is 8.46. The maximum absolute atomic E-state index is 5.89. The smallest absolute Gasteiger partial charge is 0.138 e. The summed E-state index contributed by atoms with van der Waals surface area (Å²) in [4.78, 5) is 6.89. The summed E-state index contributed by atoms with van der Waals surface area (Å²) < 4.78 is 1.99. The van der Waals surface area contributed by atoms with Crippen molar-refractivity contribution in [3.05, 3.63) is 12.2 Å². The van der Waals surface area contributed by atoms with Gasteiger partial charge in [0, 0.05) is 24.5 Å². The van der Waals surface area contributed by atoms with Gasteiger partial charge in [-0.3, -0.25) is 20.9 Å². The van der Waals surface area contributed by atoms with Gasteiger partial charge in [0.15, 0.2) is 0 Å². The summed E-state index contributed by atoms with van der Waals surface area (Å²) >= 11 is 0. The van der Waals surface area contributed by atoms with Gasteiger partial charge >= 0.3 is 0 Å². The second-order valence-corrected chi connectivity index (χ2v) is 5.71. The molecule has 0 saturated heterocycles. The van der Waals surface area contributed by atoms with Gasteiger partial charge in [0.1, 0.15) is 12.2 Å². The fourth-order valence-corrected chi connectivity index (χ4v) is 3.12. The van der Waals surface area contributed by atoms with Crippen molar-refractivity contribution in [3.63, 3.8) is 0 Å². The molecule has 0 bridgehead atoms. The van der Waals surface area contributed by atoms with Crippen LogP contribution in [0, 0.1) is 0 Å². The molecule has 1 aromatic heterocycles. The highest BCUT2D eigenvalue weighted by Gasteiger charge is 2.37. The Morgan fingerprint density at radius 2 is 2.00 bits per heavy atom. The molecule has 0 aromatic carbocycles. The molecule has 2 atom stereocenters. The van der Waals surface area contributed by atoms with Crippen molar-refractivity contribution in [2.75, 3.05) is 13.1 Å². The van der Waals surface area contributed by atoms with Crippen LogP contribution in [0.25, 0.3) is 0 Å². The van der Waals surface area contributed by atoms with Crippen LogP contribution in [0.3, 0.4) is 0 Å². The highest BCUT2D eigenvalue weighted by Crippen LogP contribution is 2.25. The van der Waals surface area contributed by atoms with Gasteiger partial charge in [0.2, 0.25) is 0 Å². The Hall–Kier alpha value is -0.980. The molecular weight excluding hydrogens is 264 g/mol. The molecule has 0 aliphatic carbocycles. The first kappa shape index (κ1) is 18.1. The van der Waals surface area contributed by atoms with Gasteiger partial charge in [-0.2, -0.15) is 5.10 Å². The number of rotatable bonds is 10. The molecule has 0 spiro atoms. The quantitative estimate of drug-likeness (QED) is 0.506. The molecule has 3 N–H and O–H groups in total. The Morgan fingerprint density at radius 1 is 1.33 bits per heavy atom. The lowest BCUT2D eigenvalue weighted by molar-refractivity contribution is 0.0689. The molecule has 0 radical (unpaired) electrons. The molecule has 122 valence electrons. The van der Waals surface area contributed by atoms with Crippen molar-refractivity contribution in [3.8, 4) is 0 Å². The monoisotopic (exact) mass is 296 g/mol. The molecule has 6 heteroatoms. The Balaban J connectivity index is 2.96. The number of aromatic nitrogens is 3. The lowest BCUT2D eigenvalue weighted by atomic mass is 9.85. The highest BCUT2D eigenvalue weighted by molar-refractivity contribution is 5.01. The van der Waals surface area contributed by atoms with Crippen LogP contribution >= 0.6 is 0 Å². The topological polar surface area (TPSA) is 72.0 Å². The van der Waals surface area contributed by atoms with Crippen LogP contribution in [0.4, 0.5) is 0 Å². The molecule has 0 saturated carbocycles. The van der Waals surface area contributed by atoms with E-state index in [0.717, 1.165) is 44.7 Å². The van der Waals surface area contributed by atoms with E-state index in [0.29, 0.717) is 0 Å². The normalized spacial score (nSPS) is 16.1. The summed E-state index contributed by atoms with van der Waals surface area (Å²) in [6.45, 7) is 14.0. The van der Waals surface area contributed by atoms with E-state index in [1.165, 1.54) is 0 Å². The highest BCUT2D eigenvalue weighted by atomic mass is 15.3. The van der Waals surface area contributed by atoms with E-state index < -0.39 is 0 Å². The average molecular weight is 296 g/mol. The molecule has 1 heterocycles. The van der Waals surface area contributed by atoms with E-state index in [2.05, 4.69) is 55.0 Å². The zero-order valence-electron chi connectivity index (χ0n) is 14.3. The average Bonchev–Trinajstić information content (AvgIpc) is 2.93. The second-order valence-electron chi connectivity index (χ2n) is 5.71. The third kappa shape index (κ3) is 4.02. The first-order chi connectivity index (χ1) is 10.1. The first-order valence-electron chi connectivity index (χ1n) is 8.15. The van der Waals surface area contributed by atoms with E-state index in [1.54, 1.807) is 6.33 Å². The van der Waals surface area contributed by atoms with Gasteiger partial charge in [-0.25, -0.2) is 4.98 Å². The minimum absolute atomic E-state index is 0.00123. The Kier molecular flexibility index (Phi) is 7.28. The van der Waals surface area contributed by atoms with Crippen molar-refractivity contribution >= 4 is 0 Å². The molecular formula is C15H32N6. The van der Waals surface area contributed by atoms with Crippen molar-refractivity contribution < 1.29 is 0 Å². The van der Waals surface area contributed by atoms with E-state index in [9.17, 15) is 0 Å². The summed E-state index contributed by atoms with van der Waals surface area (Å²) in [5.41, 5.74) is 3.03. The van der Waals surface area contributed by atoms with Crippen LogP contribution in [0.2, 0.25) is 0 Å². The van der Waals surface area contributed by atoms with Gasteiger partial charge in [0.05, 0.1) is 0 Å². The lowest BCUT2D eigenvalue weighted by Crippen LogP contribution is -2.61. The summed E-state index contributed by atoms with van der Waals surface area (Å²) in [5.74, 6) is 6.89. The van der Waals surface area contributed by atoms with Crippen LogP contribution in [0.5, 0.6) is 0 Å². The molecule has 0 fully saturated rings. The number of nitrogens with zero attached hydrogens (tertiary/aromatic N) is 4. The van der Waals surface area contributed by atoms with Crippen LogP contribution in [0.1, 0.15) is 53.3 Å². The van der Waals surface area contributed by atoms with Gasteiger partial charge in [-0.05, 0) is 32.9 Å². The van der Waals surface area contributed by atoms with Gasteiger partial charge in [0.25, 0.3) is 0 Å². The van der Waals surface area contributed by atoms with Crippen LogP contribution < -0.4 is 11.3 Å². The maximum atomic E-state index is 5.89. The van der Waals surface area contributed by atoms with E-state index >= 15 is 0 Å². The zero-order chi connectivity index (χ0) is 15.9. The minimum Gasteiger partial charge on any atom is -0.297 e. The summed E-state index contributed by atoms with van der Waals surface area (Å²) in [6.07, 6.45) is 4.51. The maximum Gasteiger partial charge on any atom is 0.138 e. The number of nitrogens with one attached hydrogen (secondary N) is 1. The first-order valence-corrected chi connectivity index (χ1v) is 8.15. The summed E-state index contributed by atoms with van der Waals surface area (Å²) in [7, 11) is 0. The van der Waals surface area contributed by atoms with Gasteiger partial charge in [-0.1, -0.05) is 27.7 Å². The molecule has 1 rings (SSSR count). The molecule has 21 heavy (non-hydrogen) atoms. The summed E-state index contributed by atoms with van der Waals surface area (Å²) in [6, 6.07) is 0.141. The Bertz CT molecular complexity index is 401. The predicted molar refractivity (Wildman–Crippen MR) is 86.7 cm³/mol. The SMILES string of the molecule is CCCn1ncnc1CC(NN)C(C)(CC)N(CC)CC. The van der Waals surface area contributed by atoms with Crippen molar-refractivity contribution in [2.24, 2.45) is 5.84 Å². The number of hydrazine groups is 1. The third-order valence-electron chi connectivity index (χ3n) is 4.67. The standard InChI is InChI=1S/C15H32N6/c1-6-10-21-14(17-12-18-21)11-13(19-16)15(5,7-2)20(8-3)9-4/h12-13,19H,6-11,16H2,1-5H3. The fourth-order valence-electron chi connectivity index (χ4n) is 3.12. The van der Waals surface area contributed by atoms with Gasteiger partial charge < -0.3 is 0 Å². The largest absolute Gasteiger partial charge is 0.297 e. The molecule has 0 amide bonds. The molecule has 1 aromatic rings. The Labute approximate surface area is 129 Å². The fraction of sp³-hybridized carbons (Fsp3) is 0.867. The minimum atomic E-state index is 0.00123. The molecule has 2 unspecified atom stereocenters. The van der Waals surface area contributed by atoms with E-state index in [1.807, 2.05) is 4.68 Å². The van der Waals surface area contributed by atoms with Crippen molar-refractivity contribution in [2.45, 2.75) is 72.0 Å². The molecule has 6 nitrogen and oxygen atoms in total. The number of nitrogens with two attached hydrogens (primary N) is 1. The summed E-state index contributed by atoms with van der Waals surface area (Å²) in [5, 5.41) is 4.31. The predicted octanol–water partition coefficient (Wildman–Crippen LogP) is 1.57. The van der Waals surface area contributed by atoms with Crippen LogP contribution in [0.15, 0.2) is 6.33 Å². The Morgan fingerprint density at radius 3 is 2.48 bits per heavy atom. The van der Waals surface area contributed by atoms with Crippen molar-refractivity contribution in [1.82, 2.24) is 25.1 Å². The van der Waals surface area contributed by atoms with E-state index in [-0.39, 0.29) is 11.6 Å². The number of hydrogen-bond acceptors (Lipinski definition) is 5. The van der Waals surface area contributed by atoms with Crippen LogP contribution in [-0.2, 0) is 13.0 Å². The zero-order valence-corrected chi connectivity index (χ0v) is 14.3. The van der Waals surface area contributed by atoms with Crippen molar-refractivity contribution in [1.29, 1.82) is 0 Å². The van der Waals surface area contributed by atoms with Crippen LogP contribution in [-0.4, -0.2) is 44.3 Å². The number of likely N-dealkylation sites (N-methyl/N-ethyl adjacent to an activating group) is 1. The van der Waals surface area contributed by atoms with E-state index in [4.69, 9.17) is 5.84 Å². The molecule has 0 aliphatic heterocycles. The molecule has 0 aliphatic rings.